The topological polar surface area (TPSA) is 63.6 Å². The van der Waals surface area contributed by atoms with E-state index in [1.165, 1.54) is 0 Å². The zero-order valence-corrected chi connectivity index (χ0v) is 19.2. The van der Waals surface area contributed by atoms with Gasteiger partial charge in [0.15, 0.2) is 0 Å². The van der Waals surface area contributed by atoms with Crippen molar-refractivity contribution in [3.05, 3.63) is 35.9 Å². The number of hydrogen-bond donors (Lipinski definition) is 1. The average Bonchev–Trinajstić information content (AvgIpc) is 3.08. The third-order valence-electron chi connectivity index (χ3n) is 10.3. The zero-order chi connectivity index (χ0) is 22.1. The van der Waals surface area contributed by atoms with E-state index in [4.69, 9.17) is 4.74 Å². The van der Waals surface area contributed by atoms with Gasteiger partial charge in [-0.25, -0.2) is 4.79 Å². The molecule has 1 N–H and O–H groups in total. The first kappa shape index (κ1) is 21.2. The summed E-state index contributed by atoms with van der Waals surface area (Å²) in [4.78, 5) is 26.1. The van der Waals surface area contributed by atoms with E-state index >= 15 is 0 Å². The molecule has 1 spiro atoms. The first-order valence-electron chi connectivity index (χ1n) is 12.1. The maximum Gasteiger partial charge on any atom is 0.338 e. The highest BCUT2D eigenvalue weighted by Gasteiger charge is 2.72. The van der Waals surface area contributed by atoms with Gasteiger partial charge in [-0.3, -0.25) is 4.79 Å². The van der Waals surface area contributed by atoms with E-state index in [9.17, 15) is 14.7 Å². The van der Waals surface area contributed by atoms with Gasteiger partial charge in [0.2, 0.25) is 0 Å². The Balaban J connectivity index is 1.57. The number of aliphatic hydroxyl groups is 1. The van der Waals surface area contributed by atoms with Gasteiger partial charge in [0.25, 0.3) is 0 Å². The fraction of sp³-hybridized carbons (Fsp3) is 0.704. The Kier molecular flexibility index (Phi) is 4.72. The van der Waals surface area contributed by atoms with Crippen LogP contribution in [0.5, 0.6) is 0 Å². The first-order chi connectivity index (χ1) is 14.7. The van der Waals surface area contributed by atoms with E-state index in [-0.39, 0.29) is 52.2 Å². The molecule has 4 aliphatic carbocycles. The summed E-state index contributed by atoms with van der Waals surface area (Å²) in [5.74, 6) is 0.499. The summed E-state index contributed by atoms with van der Waals surface area (Å²) in [7, 11) is 0. The fourth-order valence-electron chi connectivity index (χ4n) is 8.73. The monoisotopic (exact) mass is 424 g/mol. The smallest absolute Gasteiger partial charge is 0.338 e. The standard InChI is InChI=1S/C27H36O4/c1-24-12-13-27(16-24)19(15-21(24)29)14-20(31-23(30)18-8-5-4-6-9-18)22-25(2,17-28)10-7-11-26(22,27)3/h4-6,8-9,19-20,22,28H,7,10-17H2,1-3H3/t19-,20?,22?,24?,25?,26-,27?/m0/s1. The van der Waals surface area contributed by atoms with Gasteiger partial charge in [0, 0.05) is 24.4 Å². The Hall–Kier alpha value is -1.68. The molecule has 4 aliphatic rings. The van der Waals surface area contributed by atoms with Gasteiger partial charge in [-0.15, -0.1) is 0 Å². The van der Waals surface area contributed by atoms with Crippen LogP contribution in [0.1, 0.15) is 82.5 Å². The number of esters is 1. The third kappa shape index (κ3) is 2.83. The van der Waals surface area contributed by atoms with E-state index in [2.05, 4.69) is 20.8 Å². The minimum absolute atomic E-state index is 0.0360. The van der Waals surface area contributed by atoms with Crippen molar-refractivity contribution < 1.29 is 19.4 Å². The molecule has 31 heavy (non-hydrogen) atoms. The van der Waals surface area contributed by atoms with Crippen LogP contribution < -0.4 is 0 Å². The molecule has 0 aromatic heterocycles. The maximum absolute atomic E-state index is 13.1. The third-order valence-corrected chi connectivity index (χ3v) is 10.3. The molecular formula is C27H36O4. The van der Waals surface area contributed by atoms with Crippen LogP contribution in [0, 0.1) is 33.5 Å². The van der Waals surface area contributed by atoms with Crippen LogP contribution in [-0.4, -0.2) is 29.6 Å². The fourth-order valence-corrected chi connectivity index (χ4v) is 8.73. The number of carbonyl (C=O) groups is 2. The van der Waals surface area contributed by atoms with E-state index in [0.717, 1.165) is 44.9 Å². The number of benzene rings is 1. The Labute approximate surface area is 185 Å². The lowest BCUT2D eigenvalue weighted by Gasteiger charge is -2.67. The van der Waals surface area contributed by atoms with Gasteiger partial charge in [-0.1, -0.05) is 45.4 Å². The van der Waals surface area contributed by atoms with Gasteiger partial charge in [0.05, 0.1) is 5.56 Å². The quantitative estimate of drug-likeness (QED) is 0.679. The average molecular weight is 425 g/mol. The van der Waals surface area contributed by atoms with E-state index in [1.54, 1.807) is 12.1 Å². The summed E-state index contributed by atoms with van der Waals surface area (Å²) in [5, 5.41) is 10.5. The summed E-state index contributed by atoms with van der Waals surface area (Å²) in [5.41, 5.74) is 0.192. The molecular weight excluding hydrogens is 388 g/mol. The highest BCUT2D eigenvalue weighted by atomic mass is 16.5. The summed E-state index contributed by atoms with van der Waals surface area (Å²) >= 11 is 0. The Morgan fingerprint density at radius 2 is 1.84 bits per heavy atom. The van der Waals surface area contributed by atoms with E-state index in [0.29, 0.717) is 17.8 Å². The van der Waals surface area contributed by atoms with Crippen LogP contribution >= 0.6 is 0 Å². The molecule has 1 aromatic carbocycles. The molecule has 4 heteroatoms. The summed E-state index contributed by atoms with van der Waals surface area (Å²) in [6.45, 7) is 6.89. The predicted molar refractivity (Wildman–Crippen MR) is 118 cm³/mol. The van der Waals surface area contributed by atoms with Gasteiger partial charge < -0.3 is 9.84 Å². The van der Waals surface area contributed by atoms with Crippen LogP contribution in [0.2, 0.25) is 0 Å². The molecule has 0 saturated heterocycles. The van der Waals surface area contributed by atoms with Crippen molar-refractivity contribution in [1.82, 2.24) is 0 Å². The van der Waals surface area contributed by atoms with Crippen LogP contribution in [0.3, 0.4) is 0 Å². The number of ether oxygens (including phenoxy) is 1. The molecule has 1 aromatic rings. The molecule has 0 aliphatic heterocycles. The molecule has 7 atom stereocenters. The second-order valence-electron chi connectivity index (χ2n) is 11.8. The minimum Gasteiger partial charge on any atom is -0.458 e. The Morgan fingerprint density at radius 1 is 1.10 bits per heavy atom. The van der Waals surface area contributed by atoms with E-state index in [1.807, 2.05) is 18.2 Å². The van der Waals surface area contributed by atoms with E-state index < -0.39 is 0 Å². The molecule has 4 nitrogen and oxygen atoms in total. The molecule has 168 valence electrons. The molecule has 5 unspecified atom stereocenters. The number of fused-ring (bicyclic) bond motifs is 2. The maximum atomic E-state index is 13.1. The van der Waals surface area contributed by atoms with Crippen molar-refractivity contribution >= 4 is 11.8 Å². The largest absolute Gasteiger partial charge is 0.458 e. The van der Waals surface area contributed by atoms with Crippen molar-refractivity contribution in [3.8, 4) is 0 Å². The highest BCUT2D eigenvalue weighted by Crippen LogP contribution is 2.75. The Bertz CT molecular complexity index is 896. The second-order valence-corrected chi connectivity index (χ2v) is 11.8. The van der Waals surface area contributed by atoms with Crippen molar-refractivity contribution in [2.75, 3.05) is 6.61 Å². The molecule has 5 rings (SSSR count). The molecule has 0 radical (unpaired) electrons. The van der Waals surface area contributed by atoms with Crippen LogP contribution in [-0.2, 0) is 9.53 Å². The number of aliphatic hydroxyl groups excluding tert-OH is 1. The lowest BCUT2D eigenvalue weighted by atomic mass is 9.37. The Morgan fingerprint density at radius 3 is 2.55 bits per heavy atom. The van der Waals surface area contributed by atoms with Crippen LogP contribution in [0.25, 0.3) is 0 Å². The lowest BCUT2D eigenvalue weighted by molar-refractivity contribution is -0.224. The lowest BCUT2D eigenvalue weighted by Crippen LogP contribution is -2.65. The summed E-state index contributed by atoms with van der Waals surface area (Å²) < 4.78 is 6.26. The van der Waals surface area contributed by atoms with Crippen molar-refractivity contribution in [3.63, 3.8) is 0 Å². The predicted octanol–water partition coefficient (Wildman–Crippen LogP) is 5.19. The van der Waals surface area contributed by atoms with Crippen LogP contribution in [0.4, 0.5) is 0 Å². The van der Waals surface area contributed by atoms with Crippen molar-refractivity contribution in [2.24, 2.45) is 33.5 Å². The van der Waals surface area contributed by atoms with Gasteiger partial charge in [0.1, 0.15) is 11.9 Å². The number of ketones is 1. The molecule has 4 saturated carbocycles. The SMILES string of the molecule is CC12CCC3(C1)[C@H](CC2=O)CC(OC(=O)c1ccccc1)C1C(C)(CO)CCC[C@@]13C. The van der Waals surface area contributed by atoms with Gasteiger partial charge >= 0.3 is 5.97 Å². The van der Waals surface area contributed by atoms with Crippen LogP contribution in [0.15, 0.2) is 30.3 Å². The minimum atomic E-state index is -0.284. The molecule has 0 heterocycles. The van der Waals surface area contributed by atoms with Crippen molar-refractivity contribution in [1.29, 1.82) is 0 Å². The second kappa shape index (κ2) is 6.91. The zero-order valence-electron chi connectivity index (χ0n) is 19.2. The number of rotatable bonds is 3. The highest BCUT2D eigenvalue weighted by molar-refractivity contribution is 5.89. The van der Waals surface area contributed by atoms with Gasteiger partial charge in [-0.2, -0.15) is 0 Å². The molecule has 4 fully saturated rings. The summed E-state index contributed by atoms with van der Waals surface area (Å²) in [6.07, 6.45) is 7.28. The summed E-state index contributed by atoms with van der Waals surface area (Å²) in [6, 6.07) is 9.20. The first-order valence-corrected chi connectivity index (χ1v) is 12.1. The van der Waals surface area contributed by atoms with Gasteiger partial charge in [-0.05, 0) is 72.8 Å². The number of carbonyl (C=O) groups excluding carboxylic acids is 2. The number of hydrogen-bond acceptors (Lipinski definition) is 4. The van der Waals surface area contributed by atoms with Crippen molar-refractivity contribution in [2.45, 2.75) is 78.2 Å². The molecule has 0 amide bonds. The number of Topliss-reactive ketones (excluding diaryl/α,β-unsaturated/α-hetero) is 1. The molecule has 2 bridgehead atoms. The normalized spacial score (nSPS) is 46.2.